The Balaban J connectivity index is 3.16. The largest absolute Gasteiger partial charge is 0.355 e. The third kappa shape index (κ3) is 5.63. The lowest BCUT2D eigenvalue weighted by Gasteiger charge is -1.98. The van der Waals surface area contributed by atoms with Gasteiger partial charge in [-0.05, 0) is 6.42 Å². The predicted molar refractivity (Wildman–Crippen MR) is 43.2 cm³/mol. The summed E-state index contributed by atoms with van der Waals surface area (Å²) in [5, 5.41) is 2.65. The van der Waals surface area contributed by atoms with Crippen LogP contribution in [-0.2, 0) is 4.79 Å². The monoisotopic (exact) mass is 161 g/mol. The van der Waals surface area contributed by atoms with Crippen LogP contribution in [0.15, 0.2) is 12.7 Å². The van der Waals surface area contributed by atoms with E-state index < -0.39 is 0 Å². The number of carbonyl (C=O) groups is 1. The fraction of sp³-hybridized carbons (Fsp3) is 0.571. The Morgan fingerprint density at radius 1 is 1.70 bits per heavy atom. The average molecular weight is 162 g/mol. The number of carbonyl (C=O) groups excluding carboxylic acids is 1. The SMILES string of the molecule is C=CCCC(=O)NCCCl. The third-order valence-corrected chi connectivity index (χ3v) is 1.18. The first-order valence-corrected chi connectivity index (χ1v) is 3.78. The molecule has 1 amide bonds. The van der Waals surface area contributed by atoms with E-state index in [2.05, 4.69) is 11.9 Å². The van der Waals surface area contributed by atoms with E-state index in [4.69, 9.17) is 11.6 Å². The van der Waals surface area contributed by atoms with Gasteiger partial charge in [-0.1, -0.05) is 6.08 Å². The van der Waals surface area contributed by atoms with Crippen molar-refractivity contribution in [3.63, 3.8) is 0 Å². The molecule has 2 nitrogen and oxygen atoms in total. The van der Waals surface area contributed by atoms with Gasteiger partial charge in [0.2, 0.25) is 5.91 Å². The van der Waals surface area contributed by atoms with Crippen molar-refractivity contribution < 1.29 is 4.79 Å². The van der Waals surface area contributed by atoms with Crippen molar-refractivity contribution in [2.75, 3.05) is 12.4 Å². The molecule has 0 heterocycles. The first-order valence-electron chi connectivity index (χ1n) is 3.24. The molecule has 58 valence electrons. The number of alkyl halides is 1. The zero-order valence-electron chi connectivity index (χ0n) is 5.90. The van der Waals surface area contributed by atoms with E-state index in [0.717, 1.165) is 6.42 Å². The van der Waals surface area contributed by atoms with Crippen LogP contribution in [0, 0.1) is 0 Å². The quantitative estimate of drug-likeness (QED) is 0.478. The molecule has 10 heavy (non-hydrogen) atoms. The highest BCUT2D eigenvalue weighted by molar-refractivity contribution is 6.18. The molecule has 0 aliphatic rings. The standard InChI is InChI=1S/C7H12ClNO/c1-2-3-4-7(10)9-6-5-8/h2H,1,3-6H2,(H,9,10). The number of rotatable bonds is 5. The Morgan fingerprint density at radius 2 is 2.40 bits per heavy atom. The highest BCUT2D eigenvalue weighted by Gasteiger charge is 1.95. The van der Waals surface area contributed by atoms with Crippen LogP contribution < -0.4 is 5.32 Å². The van der Waals surface area contributed by atoms with Crippen molar-refractivity contribution in [1.82, 2.24) is 5.32 Å². The highest BCUT2D eigenvalue weighted by atomic mass is 35.5. The van der Waals surface area contributed by atoms with E-state index in [1.165, 1.54) is 0 Å². The van der Waals surface area contributed by atoms with Crippen LogP contribution in [0.4, 0.5) is 0 Å². The molecule has 0 saturated carbocycles. The lowest BCUT2D eigenvalue weighted by molar-refractivity contribution is -0.120. The van der Waals surface area contributed by atoms with Crippen LogP contribution in [0.3, 0.4) is 0 Å². The van der Waals surface area contributed by atoms with Gasteiger partial charge in [-0.15, -0.1) is 18.2 Å². The second-order valence-corrected chi connectivity index (χ2v) is 2.24. The van der Waals surface area contributed by atoms with Crippen molar-refractivity contribution in [1.29, 1.82) is 0 Å². The zero-order chi connectivity index (χ0) is 7.82. The minimum absolute atomic E-state index is 0.0422. The number of halogens is 1. The van der Waals surface area contributed by atoms with Crippen LogP contribution in [-0.4, -0.2) is 18.3 Å². The average Bonchev–Trinajstić information content (AvgIpc) is 1.97. The van der Waals surface area contributed by atoms with Crippen LogP contribution >= 0.6 is 11.6 Å². The summed E-state index contributed by atoms with van der Waals surface area (Å²) in [6.45, 7) is 4.06. The highest BCUT2D eigenvalue weighted by Crippen LogP contribution is 1.87. The molecular weight excluding hydrogens is 150 g/mol. The molecule has 0 radical (unpaired) electrons. The Morgan fingerprint density at radius 3 is 2.90 bits per heavy atom. The molecule has 0 aromatic rings. The maximum absolute atomic E-state index is 10.7. The summed E-state index contributed by atoms with van der Waals surface area (Å²) >= 11 is 5.34. The van der Waals surface area contributed by atoms with Crippen LogP contribution in [0.2, 0.25) is 0 Å². The summed E-state index contributed by atoms with van der Waals surface area (Å²) in [5.74, 6) is 0.514. The molecule has 0 aromatic carbocycles. The summed E-state index contributed by atoms with van der Waals surface area (Å²) in [4.78, 5) is 10.7. The second-order valence-electron chi connectivity index (χ2n) is 1.87. The van der Waals surface area contributed by atoms with Gasteiger partial charge in [0.05, 0.1) is 0 Å². The van der Waals surface area contributed by atoms with Crippen molar-refractivity contribution in [2.24, 2.45) is 0 Å². The zero-order valence-corrected chi connectivity index (χ0v) is 6.66. The smallest absolute Gasteiger partial charge is 0.220 e. The second kappa shape index (κ2) is 6.62. The lowest BCUT2D eigenvalue weighted by Crippen LogP contribution is -2.24. The Kier molecular flexibility index (Phi) is 6.29. The van der Waals surface area contributed by atoms with E-state index >= 15 is 0 Å². The van der Waals surface area contributed by atoms with Gasteiger partial charge < -0.3 is 5.32 Å². The van der Waals surface area contributed by atoms with Crippen molar-refractivity contribution in [2.45, 2.75) is 12.8 Å². The predicted octanol–water partition coefficient (Wildman–Crippen LogP) is 1.31. The molecule has 1 N–H and O–H groups in total. The number of hydrogen-bond donors (Lipinski definition) is 1. The third-order valence-electron chi connectivity index (χ3n) is 0.992. The van der Waals surface area contributed by atoms with Gasteiger partial charge in [0, 0.05) is 18.8 Å². The first kappa shape index (κ1) is 9.50. The fourth-order valence-corrected chi connectivity index (χ4v) is 0.603. The Labute approximate surface area is 66.3 Å². The molecule has 0 aliphatic carbocycles. The molecule has 0 aliphatic heterocycles. The Bertz CT molecular complexity index is 114. The van der Waals surface area contributed by atoms with Crippen LogP contribution in [0.5, 0.6) is 0 Å². The minimum atomic E-state index is 0.0422. The number of allylic oxidation sites excluding steroid dienone is 1. The summed E-state index contributed by atoms with van der Waals surface area (Å²) in [5.41, 5.74) is 0. The summed E-state index contributed by atoms with van der Waals surface area (Å²) < 4.78 is 0. The summed E-state index contributed by atoms with van der Waals surface area (Å²) in [7, 11) is 0. The molecule has 0 bridgehead atoms. The number of nitrogens with one attached hydrogen (secondary N) is 1. The molecule has 0 atom stereocenters. The maximum Gasteiger partial charge on any atom is 0.220 e. The van der Waals surface area contributed by atoms with E-state index in [1.54, 1.807) is 6.08 Å². The van der Waals surface area contributed by atoms with Crippen molar-refractivity contribution in [3.8, 4) is 0 Å². The van der Waals surface area contributed by atoms with Gasteiger partial charge in [-0.3, -0.25) is 4.79 Å². The van der Waals surface area contributed by atoms with E-state index in [1.807, 2.05) is 0 Å². The lowest BCUT2D eigenvalue weighted by atomic mass is 10.3. The summed E-state index contributed by atoms with van der Waals surface area (Å²) in [6, 6.07) is 0. The molecule has 0 saturated heterocycles. The Hall–Kier alpha value is -0.500. The van der Waals surface area contributed by atoms with Crippen LogP contribution in [0.1, 0.15) is 12.8 Å². The molecule has 0 spiro atoms. The first-order chi connectivity index (χ1) is 4.81. The number of amides is 1. The van der Waals surface area contributed by atoms with Gasteiger partial charge in [0.25, 0.3) is 0 Å². The van der Waals surface area contributed by atoms with E-state index in [-0.39, 0.29) is 5.91 Å². The number of hydrogen-bond acceptors (Lipinski definition) is 1. The van der Waals surface area contributed by atoms with E-state index in [9.17, 15) is 4.79 Å². The van der Waals surface area contributed by atoms with Gasteiger partial charge in [0.15, 0.2) is 0 Å². The molecule has 0 fully saturated rings. The topological polar surface area (TPSA) is 29.1 Å². The fourth-order valence-electron chi connectivity index (χ4n) is 0.508. The van der Waals surface area contributed by atoms with Crippen LogP contribution in [0.25, 0.3) is 0 Å². The van der Waals surface area contributed by atoms with Gasteiger partial charge >= 0.3 is 0 Å². The molecule has 0 aromatic heterocycles. The van der Waals surface area contributed by atoms with Crippen molar-refractivity contribution in [3.05, 3.63) is 12.7 Å². The maximum atomic E-state index is 10.7. The van der Waals surface area contributed by atoms with Gasteiger partial charge in [-0.25, -0.2) is 0 Å². The normalized spacial score (nSPS) is 8.90. The minimum Gasteiger partial charge on any atom is -0.355 e. The molecule has 3 heteroatoms. The van der Waals surface area contributed by atoms with Crippen molar-refractivity contribution >= 4 is 17.5 Å². The van der Waals surface area contributed by atoms with E-state index in [0.29, 0.717) is 18.8 Å². The molecule has 0 rings (SSSR count). The molecule has 0 unspecified atom stereocenters. The summed E-state index contributed by atoms with van der Waals surface area (Å²) in [6.07, 6.45) is 2.97. The van der Waals surface area contributed by atoms with Gasteiger partial charge in [-0.2, -0.15) is 0 Å². The van der Waals surface area contributed by atoms with Gasteiger partial charge in [0.1, 0.15) is 0 Å². The molecular formula is C7H12ClNO.